The molecule has 33 heavy (non-hydrogen) atoms. The minimum atomic E-state index is -1.12. The number of nitrogens with one attached hydrogen (secondary N) is 2. The molecule has 1 saturated heterocycles. The molecule has 2 aromatic carbocycles. The number of hydrogen-bond acceptors (Lipinski definition) is 4. The number of amides is 3. The quantitative estimate of drug-likeness (QED) is 0.701. The van der Waals surface area contributed by atoms with Crippen LogP contribution >= 0.6 is 0 Å². The van der Waals surface area contributed by atoms with Gasteiger partial charge in [-0.25, -0.2) is 4.39 Å². The van der Waals surface area contributed by atoms with Gasteiger partial charge >= 0.3 is 0 Å². The molecule has 3 rings (SSSR count). The summed E-state index contributed by atoms with van der Waals surface area (Å²) < 4.78 is 13.4. The maximum atomic E-state index is 13.4. The SMILES string of the molecule is CNC(=O)c1cccc(C2CN(C(=O)C(C)(C)NC(=O)Cc3cccc(F)c3)CCN2C)c1. The van der Waals surface area contributed by atoms with Crippen LogP contribution in [0.15, 0.2) is 48.5 Å². The second-order valence-corrected chi connectivity index (χ2v) is 8.93. The maximum Gasteiger partial charge on any atom is 0.251 e. The molecule has 3 amide bonds. The summed E-state index contributed by atoms with van der Waals surface area (Å²) in [7, 11) is 3.58. The van der Waals surface area contributed by atoms with Gasteiger partial charge in [-0.05, 0) is 56.3 Å². The highest BCUT2D eigenvalue weighted by Gasteiger charge is 2.37. The summed E-state index contributed by atoms with van der Waals surface area (Å²) in [6.45, 7) is 4.99. The number of benzene rings is 2. The van der Waals surface area contributed by atoms with Crippen molar-refractivity contribution in [2.75, 3.05) is 33.7 Å². The number of nitrogens with zero attached hydrogens (tertiary/aromatic N) is 2. The molecule has 0 aliphatic carbocycles. The molecule has 2 aromatic rings. The molecule has 8 heteroatoms. The predicted molar refractivity (Wildman–Crippen MR) is 124 cm³/mol. The number of piperazine rings is 1. The molecule has 0 radical (unpaired) electrons. The van der Waals surface area contributed by atoms with Crippen molar-refractivity contribution in [3.05, 3.63) is 71.0 Å². The Balaban J connectivity index is 1.69. The van der Waals surface area contributed by atoms with E-state index in [0.717, 1.165) is 5.56 Å². The first kappa shape index (κ1) is 24.4. The van der Waals surface area contributed by atoms with Crippen molar-refractivity contribution in [1.29, 1.82) is 0 Å². The van der Waals surface area contributed by atoms with Gasteiger partial charge in [-0.15, -0.1) is 0 Å². The third kappa shape index (κ3) is 5.96. The van der Waals surface area contributed by atoms with Crippen molar-refractivity contribution in [3.63, 3.8) is 0 Å². The molecule has 1 atom stereocenters. The monoisotopic (exact) mass is 454 g/mol. The third-order valence-electron chi connectivity index (χ3n) is 5.94. The van der Waals surface area contributed by atoms with Gasteiger partial charge in [-0.1, -0.05) is 24.3 Å². The van der Waals surface area contributed by atoms with Crippen molar-refractivity contribution < 1.29 is 18.8 Å². The van der Waals surface area contributed by atoms with E-state index in [1.807, 2.05) is 25.2 Å². The molecule has 1 fully saturated rings. The zero-order valence-corrected chi connectivity index (χ0v) is 19.5. The van der Waals surface area contributed by atoms with Crippen molar-refractivity contribution in [2.24, 2.45) is 0 Å². The molecule has 176 valence electrons. The minimum absolute atomic E-state index is 0.00782. The molecule has 7 nitrogen and oxygen atoms in total. The first-order valence-electron chi connectivity index (χ1n) is 11.0. The Morgan fingerprint density at radius 1 is 1.09 bits per heavy atom. The van der Waals surface area contributed by atoms with E-state index in [4.69, 9.17) is 0 Å². The van der Waals surface area contributed by atoms with E-state index in [-0.39, 0.29) is 30.2 Å². The third-order valence-corrected chi connectivity index (χ3v) is 5.94. The van der Waals surface area contributed by atoms with Crippen LogP contribution in [0.3, 0.4) is 0 Å². The van der Waals surface area contributed by atoms with Gasteiger partial charge in [0.1, 0.15) is 11.4 Å². The van der Waals surface area contributed by atoms with E-state index in [9.17, 15) is 18.8 Å². The van der Waals surface area contributed by atoms with Gasteiger partial charge in [-0.2, -0.15) is 0 Å². The fourth-order valence-corrected chi connectivity index (χ4v) is 4.12. The number of likely N-dealkylation sites (N-methyl/N-ethyl adjacent to an activating group) is 1. The van der Waals surface area contributed by atoms with Gasteiger partial charge in [0.05, 0.1) is 12.5 Å². The van der Waals surface area contributed by atoms with Gasteiger partial charge in [-0.3, -0.25) is 19.3 Å². The average molecular weight is 455 g/mol. The highest BCUT2D eigenvalue weighted by atomic mass is 19.1. The number of halogens is 1. The van der Waals surface area contributed by atoms with Crippen molar-refractivity contribution in [3.8, 4) is 0 Å². The second kappa shape index (κ2) is 10.1. The van der Waals surface area contributed by atoms with E-state index in [0.29, 0.717) is 30.8 Å². The van der Waals surface area contributed by atoms with E-state index in [1.165, 1.54) is 12.1 Å². The molecule has 1 unspecified atom stereocenters. The molecule has 1 aliphatic heterocycles. The standard InChI is InChI=1S/C25H31FN4O3/c1-25(2,28-22(31)14-17-7-5-10-20(26)13-17)24(33)30-12-11-29(4)21(16-30)18-8-6-9-19(15-18)23(32)27-3/h5-10,13,15,21H,11-12,14,16H2,1-4H3,(H,27,32)(H,28,31). The number of carbonyl (C=O) groups excluding carboxylic acids is 3. The lowest BCUT2D eigenvalue weighted by atomic mass is 9.97. The molecular formula is C25H31FN4O3. The Labute approximate surface area is 193 Å². The smallest absolute Gasteiger partial charge is 0.251 e. The topological polar surface area (TPSA) is 81.8 Å². The number of hydrogen-bond donors (Lipinski definition) is 2. The van der Waals surface area contributed by atoms with E-state index in [1.54, 1.807) is 44.0 Å². The summed E-state index contributed by atoms with van der Waals surface area (Å²) in [6, 6.07) is 13.2. The Morgan fingerprint density at radius 3 is 2.52 bits per heavy atom. The maximum absolute atomic E-state index is 13.4. The highest BCUT2D eigenvalue weighted by molar-refractivity contribution is 5.94. The van der Waals surface area contributed by atoms with Gasteiger partial charge in [0, 0.05) is 32.2 Å². The predicted octanol–water partition coefficient (Wildman–Crippen LogP) is 2.14. The molecule has 0 bridgehead atoms. The normalized spacial score (nSPS) is 16.9. The van der Waals surface area contributed by atoms with E-state index < -0.39 is 11.4 Å². The van der Waals surface area contributed by atoms with Crippen LogP contribution in [0.2, 0.25) is 0 Å². The van der Waals surface area contributed by atoms with Crippen LogP contribution in [0.4, 0.5) is 4.39 Å². The first-order chi connectivity index (χ1) is 15.6. The van der Waals surface area contributed by atoms with Crippen LogP contribution in [0.25, 0.3) is 0 Å². The van der Waals surface area contributed by atoms with Gasteiger partial charge in [0.25, 0.3) is 5.91 Å². The number of carbonyl (C=O) groups is 3. The highest BCUT2D eigenvalue weighted by Crippen LogP contribution is 2.26. The van der Waals surface area contributed by atoms with Gasteiger partial charge < -0.3 is 15.5 Å². The Bertz CT molecular complexity index is 1040. The second-order valence-electron chi connectivity index (χ2n) is 8.93. The molecular weight excluding hydrogens is 423 g/mol. The Hall–Kier alpha value is -3.26. The first-order valence-corrected chi connectivity index (χ1v) is 11.0. The summed E-state index contributed by atoms with van der Waals surface area (Å²) in [5.74, 6) is -1.09. The lowest BCUT2D eigenvalue weighted by Gasteiger charge is -2.42. The van der Waals surface area contributed by atoms with Crippen LogP contribution in [0.5, 0.6) is 0 Å². The molecule has 2 N–H and O–H groups in total. The molecule has 0 saturated carbocycles. The van der Waals surface area contributed by atoms with Crippen LogP contribution in [0, 0.1) is 5.82 Å². The summed E-state index contributed by atoms with van der Waals surface area (Å²) in [5.41, 5.74) is 0.946. The lowest BCUT2D eigenvalue weighted by Crippen LogP contribution is -2.60. The largest absolute Gasteiger partial charge is 0.355 e. The molecule has 0 aromatic heterocycles. The summed E-state index contributed by atoms with van der Waals surface area (Å²) >= 11 is 0. The summed E-state index contributed by atoms with van der Waals surface area (Å²) in [5, 5.41) is 5.43. The Morgan fingerprint density at radius 2 is 1.82 bits per heavy atom. The zero-order valence-electron chi connectivity index (χ0n) is 19.5. The van der Waals surface area contributed by atoms with E-state index >= 15 is 0 Å². The van der Waals surface area contributed by atoms with E-state index in [2.05, 4.69) is 15.5 Å². The average Bonchev–Trinajstić information content (AvgIpc) is 2.78. The summed E-state index contributed by atoms with van der Waals surface area (Å²) in [6.07, 6.45) is -0.00782. The van der Waals surface area contributed by atoms with Crippen LogP contribution in [-0.4, -0.2) is 66.8 Å². The van der Waals surface area contributed by atoms with Gasteiger partial charge in [0.2, 0.25) is 11.8 Å². The Kier molecular flexibility index (Phi) is 7.48. The molecule has 1 heterocycles. The van der Waals surface area contributed by atoms with Crippen LogP contribution in [-0.2, 0) is 16.0 Å². The van der Waals surface area contributed by atoms with Gasteiger partial charge in [0.15, 0.2) is 0 Å². The van der Waals surface area contributed by atoms with Crippen molar-refractivity contribution in [2.45, 2.75) is 31.8 Å². The summed E-state index contributed by atoms with van der Waals surface area (Å²) in [4.78, 5) is 41.8. The van der Waals surface area contributed by atoms with Crippen molar-refractivity contribution in [1.82, 2.24) is 20.4 Å². The fraction of sp³-hybridized carbons (Fsp3) is 0.400. The van der Waals surface area contributed by atoms with Crippen molar-refractivity contribution >= 4 is 17.7 Å². The zero-order chi connectivity index (χ0) is 24.2. The fourth-order valence-electron chi connectivity index (χ4n) is 4.12. The molecule has 1 aliphatic rings. The lowest BCUT2D eigenvalue weighted by molar-refractivity contribution is -0.142. The molecule has 0 spiro atoms. The van der Waals surface area contributed by atoms with Crippen LogP contribution < -0.4 is 10.6 Å². The number of rotatable bonds is 6. The minimum Gasteiger partial charge on any atom is -0.355 e. The van der Waals surface area contributed by atoms with Crippen LogP contribution in [0.1, 0.15) is 41.4 Å².